The number of piperidine rings is 1. The molecule has 1 atom stereocenters. The van der Waals surface area contributed by atoms with E-state index in [-0.39, 0.29) is 5.79 Å². The summed E-state index contributed by atoms with van der Waals surface area (Å²) in [6, 6.07) is 0. The van der Waals surface area contributed by atoms with Crippen LogP contribution in [0.1, 0.15) is 32.1 Å². The van der Waals surface area contributed by atoms with Gasteiger partial charge >= 0.3 is 0 Å². The van der Waals surface area contributed by atoms with Crippen LogP contribution in [0.4, 0.5) is 0 Å². The van der Waals surface area contributed by atoms with Crippen molar-refractivity contribution in [2.75, 3.05) is 72.1 Å². The highest BCUT2D eigenvalue weighted by atomic mass is 16.5. The van der Waals surface area contributed by atoms with Crippen LogP contribution in [0.2, 0.25) is 0 Å². The SMILES string of the molecule is C1CCN(C2(N3CCOCC3)CNCCN2N2CCCC2)CC1. The van der Waals surface area contributed by atoms with Gasteiger partial charge in [0, 0.05) is 58.9 Å². The van der Waals surface area contributed by atoms with Gasteiger partial charge in [0.15, 0.2) is 5.79 Å². The number of hydrazine groups is 1. The zero-order valence-electron chi connectivity index (χ0n) is 14.5. The van der Waals surface area contributed by atoms with E-state index in [1.807, 2.05) is 0 Å². The standard InChI is InChI=1S/C17H33N5O/c1-2-7-19(8-3-1)17(20-12-14-23-15-13-20)16-18-6-11-22(17)21-9-4-5-10-21/h18H,1-16H2. The Morgan fingerprint density at radius 2 is 1.35 bits per heavy atom. The molecule has 1 unspecified atom stereocenters. The van der Waals surface area contributed by atoms with Gasteiger partial charge in [-0.15, -0.1) is 0 Å². The first-order chi connectivity index (χ1) is 11.4. The Labute approximate surface area is 140 Å². The molecule has 4 fully saturated rings. The smallest absolute Gasteiger partial charge is 0.157 e. The molecule has 0 aromatic carbocycles. The molecule has 0 aromatic heterocycles. The average molecular weight is 323 g/mol. The van der Waals surface area contributed by atoms with Crippen molar-refractivity contribution in [3.63, 3.8) is 0 Å². The van der Waals surface area contributed by atoms with Gasteiger partial charge in [-0.05, 0) is 25.7 Å². The Balaban J connectivity index is 1.65. The van der Waals surface area contributed by atoms with Crippen molar-refractivity contribution in [1.82, 2.24) is 25.1 Å². The summed E-state index contributed by atoms with van der Waals surface area (Å²) in [6.45, 7) is 12.1. The van der Waals surface area contributed by atoms with E-state index in [1.54, 1.807) is 0 Å². The molecule has 0 aliphatic carbocycles. The number of hydrogen-bond acceptors (Lipinski definition) is 6. The number of morpholine rings is 1. The van der Waals surface area contributed by atoms with Crippen LogP contribution in [-0.4, -0.2) is 97.7 Å². The molecule has 6 nitrogen and oxygen atoms in total. The Kier molecular flexibility index (Phi) is 5.18. The molecule has 4 saturated heterocycles. The zero-order chi connectivity index (χ0) is 15.5. The Bertz CT molecular complexity index is 357. The minimum absolute atomic E-state index is 0.0345. The Hall–Kier alpha value is -0.240. The monoisotopic (exact) mass is 323 g/mol. The second-order valence-corrected chi connectivity index (χ2v) is 7.38. The molecule has 4 rings (SSSR count). The lowest BCUT2D eigenvalue weighted by Gasteiger charge is -2.61. The van der Waals surface area contributed by atoms with E-state index in [2.05, 4.69) is 25.1 Å². The van der Waals surface area contributed by atoms with Gasteiger partial charge in [-0.1, -0.05) is 6.42 Å². The maximum absolute atomic E-state index is 5.67. The first-order valence-electron chi connectivity index (χ1n) is 9.72. The van der Waals surface area contributed by atoms with Crippen molar-refractivity contribution in [1.29, 1.82) is 0 Å². The third-order valence-corrected chi connectivity index (χ3v) is 6.08. The van der Waals surface area contributed by atoms with E-state index in [1.165, 1.54) is 58.3 Å². The summed E-state index contributed by atoms with van der Waals surface area (Å²) in [7, 11) is 0. The molecule has 0 amide bonds. The number of nitrogens with zero attached hydrogens (tertiary/aromatic N) is 4. The summed E-state index contributed by atoms with van der Waals surface area (Å²) >= 11 is 0. The Morgan fingerprint density at radius 3 is 2.09 bits per heavy atom. The van der Waals surface area contributed by atoms with Gasteiger partial charge in [0.1, 0.15) is 0 Å². The zero-order valence-corrected chi connectivity index (χ0v) is 14.5. The van der Waals surface area contributed by atoms with Gasteiger partial charge in [0.2, 0.25) is 0 Å². The third kappa shape index (κ3) is 3.05. The summed E-state index contributed by atoms with van der Waals surface area (Å²) in [5.41, 5.74) is 0. The van der Waals surface area contributed by atoms with Crippen LogP contribution in [0.15, 0.2) is 0 Å². The first kappa shape index (κ1) is 16.2. The molecule has 6 heteroatoms. The van der Waals surface area contributed by atoms with E-state index in [4.69, 9.17) is 4.74 Å². The predicted octanol–water partition coefficient (Wildman–Crippen LogP) is 0.374. The van der Waals surface area contributed by atoms with Crippen molar-refractivity contribution >= 4 is 0 Å². The lowest BCUT2D eigenvalue weighted by molar-refractivity contribution is -0.265. The molecule has 4 aliphatic rings. The minimum Gasteiger partial charge on any atom is -0.379 e. The van der Waals surface area contributed by atoms with Crippen molar-refractivity contribution in [3.05, 3.63) is 0 Å². The normalized spacial score (nSPS) is 36.5. The fourth-order valence-corrected chi connectivity index (χ4v) is 4.94. The highest BCUT2D eigenvalue weighted by Gasteiger charge is 2.51. The lowest BCUT2D eigenvalue weighted by atomic mass is 10.0. The highest BCUT2D eigenvalue weighted by molar-refractivity contribution is 4.97. The maximum Gasteiger partial charge on any atom is 0.157 e. The number of ether oxygens (including phenoxy) is 1. The van der Waals surface area contributed by atoms with Crippen LogP contribution in [-0.2, 0) is 4.74 Å². The van der Waals surface area contributed by atoms with Crippen molar-refractivity contribution in [2.24, 2.45) is 0 Å². The molecule has 0 spiro atoms. The van der Waals surface area contributed by atoms with Gasteiger partial charge in [-0.3, -0.25) is 9.80 Å². The van der Waals surface area contributed by atoms with Crippen molar-refractivity contribution in [2.45, 2.75) is 37.9 Å². The van der Waals surface area contributed by atoms with E-state index >= 15 is 0 Å². The maximum atomic E-state index is 5.67. The molecule has 1 N–H and O–H groups in total. The van der Waals surface area contributed by atoms with Gasteiger partial charge < -0.3 is 10.1 Å². The van der Waals surface area contributed by atoms with Gasteiger partial charge in [-0.2, -0.15) is 0 Å². The fraction of sp³-hybridized carbons (Fsp3) is 1.00. The summed E-state index contributed by atoms with van der Waals surface area (Å²) in [5.74, 6) is 0.0345. The van der Waals surface area contributed by atoms with E-state index in [0.29, 0.717) is 0 Å². The van der Waals surface area contributed by atoms with Gasteiger partial charge in [-0.25, -0.2) is 10.0 Å². The lowest BCUT2D eigenvalue weighted by Crippen LogP contribution is -2.80. The molecule has 0 saturated carbocycles. The number of piperazine rings is 1. The number of rotatable bonds is 3. The Morgan fingerprint density at radius 1 is 0.696 bits per heavy atom. The largest absolute Gasteiger partial charge is 0.379 e. The van der Waals surface area contributed by atoms with Crippen LogP contribution in [0.5, 0.6) is 0 Å². The molecule has 4 aliphatic heterocycles. The first-order valence-corrected chi connectivity index (χ1v) is 9.72. The molecule has 0 bridgehead atoms. The minimum atomic E-state index is 0.0345. The van der Waals surface area contributed by atoms with Crippen molar-refractivity contribution in [3.8, 4) is 0 Å². The third-order valence-electron chi connectivity index (χ3n) is 6.08. The molecule has 0 radical (unpaired) electrons. The topological polar surface area (TPSA) is 34.2 Å². The summed E-state index contributed by atoms with van der Waals surface area (Å²) in [4.78, 5) is 5.50. The predicted molar refractivity (Wildman–Crippen MR) is 90.9 cm³/mol. The molecular formula is C17H33N5O. The van der Waals surface area contributed by atoms with Gasteiger partial charge in [0.05, 0.1) is 13.2 Å². The van der Waals surface area contributed by atoms with E-state index < -0.39 is 0 Å². The molecular weight excluding hydrogens is 290 g/mol. The molecule has 4 heterocycles. The molecule has 0 aromatic rings. The summed E-state index contributed by atoms with van der Waals surface area (Å²) in [5, 5.41) is 9.13. The van der Waals surface area contributed by atoms with Crippen LogP contribution in [0.3, 0.4) is 0 Å². The molecule has 132 valence electrons. The van der Waals surface area contributed by atoms with E-state index in [0.717, 1.165) is 45.9 Å². The van der Waals surface area contributed by atoms with E-state index in [9.17, 15) is 0 Å². The second-order valence-electron chi connectivity index (χ2n) is 7.38. The van der Waals surface area contributed by atoms with Crippen LogP contribution in [0.25, 0.3) is 0 Å². The van der Waals surface area contributed by atoms with Crippen LogP contribution >= 0.6 is 0 Å². The fourth-order valence-electron chi connectivity index (χ4n) is 4.94. The second kappa shape index (κ2) is 7.33. The van der Waals surface area contributed by atoms with Crippen molar-refractivity contribution < 1.29 is 4.74 Å². The molecule has 23 heavy (non-hydrogen) atoms. The summed E-state index contributed by atoms with van der Waals surface area (Å²) < 4.78 is 5.67. The van der Waals surface area contributed by atoms with Gasteiger partial charge in [0.25, 0.3) is 0 Å². The average Bonchev–Trinajstić information content (AvgIpc) is 3.17. The number of likely N-dealkylation sites (tertiary alicyclic amines) is 1. The highest BCUT2D eigenvalue weighted by Crippen LogP contribution is 2.33. The number of hydrogen-bond donors (Lipinski definition) is 1. The van der Waals surface area contributed by atoms with Crippen LogP contribution in [0, 0.1) is 0 Å². The quantitative estimate of drug-likeness (QED) is 0.809. The summed E-state index contributed by atoms with van der Waals surface area (Å²) in [6.07, 6.45) is 6.79. The van der Waals surface area contributed by atoms with Crippen LogP contribution < -0.4 is 5.32 Å². The number of nitrogens with one attached hydrogen (secondary N) is 1.